The molecular formula is C10H7ClINO2. The summed E-state index contributed by atoms with van der Waals surface area (Å²) in [7, 11) is 1.55. The summed E-state index contributed by atoms with van der Waals surface area (Å²) >= 11 is 7.95. The molecule has 1 heterocycles. The lowest BCUT2D eigenvalue weighted by molar-refractivity contribution is 0.419. The first-order valence-corrected chi connectivity index (χ1v) is 5.64. The Balaban J connectivity index is 3.00. The molecule has 2 aromatic rings. The first-order valence-electron chi connectivity index (χ1n) is 4.18. The zero-order valence-electron chi connectivity index (χ0n) is 7.80. The molecule has 15 heavy (non-hydrogen) atoms. The first-order chi connectivity index (χ1) is 7.15. The molecule has 2 rings (SSSR count). The highest BCUT2D eigenvalue weighted by Gasteiger charge is 2.10. The number of hydrogen-bond donors (Lipinski definition) is 1. The average Bonchev–Trinajstić information content (AvgIpc) is 2.24. The number of H-pyrrole nitrogens is 1. The van der Waals surface area contributed by atoms with Crippen LogP contribution in [0.25, 0.3) is 10.9 Å². The fourth-order valence-corrected chi connectivity index (χ4v) is 2.08. The summed E-state index contributed by atoms with van der Waals surface area (Å²) in [6, 6.07) is 3.39. The minimum atomic E-state index is -0.0757. The zero-order valence-corrected chi connectivity index (χ0v) is 10.7. The Hall–Kier alpha value is -0.750. The monoisotopic (exact) mass is 335 g/mol. The zero-order chi connectivity index (χ0) is 11.0. The predicted octanol–water partition coefficient (Wildman–Crippen LogP) is 2.79. The second-order valence-electron chi connectivity index (χ2n) is 2.97. The maximum atomic E-state index is 11.8. The third-order valence-electron chi connectivity index (χ3n) is 2.12. The molecule has 0 aliphatic rings. The predicted molar refractivity (Wildman–Crippen MR) is 68.8 cm³/mol. The van der Waals surface area contributed by atoms with E-state index < -0.39 is 0 Å². The van der Waals surface area contributed by atoms with Crippen molar-refractivity contribution in [3.8, 4) is 5.75 Å². The van der Waals surface area contributed by atoms with Crippen molar-refractivity contribution in [2.24, 2.45) is 0 Å². The van der Waals surface area contributed by atoms with Gasteiger partial charge in [-0.15, -0.1) is 0 Å². The summed E-state index contributed by atoms with van der Waals surface area (Å²) in [5.74, 6) is 0.614. The summed E-state index contributed by atoms with van der Waals surface area (Å²) in [5, 5.41) is 0.911. The molecule has 0 aliphatic heterocycles. The smallest absolute Gasteiger partial charge is 0.204 e. The summed E-state index contributed by atoms with van der Waals surface area (Å²) < 4.78 is 5.75. The number of hydrogen-bond acceptors (Lipinski definition) is 2. The second-order valence-corrected chi connectivity index (χ2v) is 4.53. The lowest BCUT2D eigenvalue weighted by atomic mass is 10.2. The SMILES string of the molecule is COc1ccc(Cl)c2c(=O)c(I)c[nH]c12. The average molecular weight is 336 g/mol. The van der Waals surface area contributed by atoms with Crippen LogP contribution in [0, 0.1) is 3.57 Å². The van der Waals surface area contributed by atoms with E-state index in [0.29, 0.717) is 25.2 Å². The molecule has 1 aromatic heterocycles. The number of methoxy groups -OCH3 is 1. The maximum Gasteiger partial charge on any atom is 0.204 e. The van der Waals surface area contributed by atoms with Gasteiger partial charge in [-0.3, -0.25) is 4.79 Å². The Morgan fingerprint density at radius 1 is 1.47 bits per heavy atom. The number of ether oxygens (including phenoxy) is 1. The van der Waals surface area contributed by atoms with Crippen LogP contribution in [-0.4, -0.2) is 12.1 Å². The molecule has 0 spiro atoms. The van der Waals surface area contributed by atoms with Gasteiger partial charge >= 0.3 is 0 Å². The number of benzene rings is 1. The topological polar surface area (TPSA) is 42.1 Å². The fourth-order valence-electron chi connectivity index (χ4n) is 1.41. The Morgan fingerprint density at radius 2 is 2.20 bits per heavy atom. The van der Waals surface area contributed by atoms with E-state index in [2.05, 4.69) is 4.98 Å². The van der Waals surface area contributed by atoms with Crippen molar-refractivity contribution in [3.63, 3.8) is 0 Å². The number of fused-ring (bicyclic) bond motifs is 1. The van der Waals surface area contributed by atoms with Gasteiger partial charge < -0.3 is 9.72 Å². The summed E-state index contributed by atoms with van der Waals surface area (Å²) in [4.78, 5) is 14.9. The molecule has 0 atom stereocenters. The van der Waals surface area contributed by atoms with E-state index in [4.69, 9.17) is 16.3 Å². The van der Waals surface area contributed by atoms with E-state index in [1.165, 1.54) is 0 Å². The van der Waals surface area contributed by atoms with Crippen molar-refractivity contribution in [3.05, 3.63) is 37.1 Å². The minimum absolute atomic E-state index is 0.0757. The van der Waals surface area contributed by atoms with Crippen LogP contribution < -0.4 is 10.2 Å². The highest BCUT2D eigenvalue weighted by atomic mass is 127. The molecule has 3 nitrogen and oxygen atoms in total. The van der Waals surface area contributed by atoms with Gasteiger partial charge in [0.2, 0.25) is 5.43 Å². The first kappa shape index (κ1) is 10.8. The lowest BCUT2D eigenvalue weighted by Crippen LogP contribution is -2.07. The number of nitrogens with one attached hydrogen (secondary N) is 1. The molecule has 0 aliphatic carbocycles. The van der Waals surface area contributed by atoms with Gasteiger partial charge in [0.05, 0.1) is 26.6 Å². The van der Waals surface area contributed by atoms with Crippen LogP contribution in [0.1, 0.15) is 0 Å². The van der Waals surface area contributed by atoms with E-state index in [1.807, 2.05) is 22.6 Å². The molecule has 0 fully saturated rings. The van der Waals surface area contributed by atoms with Crippen LogP contribution in [-0.2, 0) is 0 Å². The Morgan fingerprint density at radius 3 is 2.87 bits per heavy atom. The van der Waals surface area contributed by atoms with E-state index in [-0.39, 0.29) is 5.43 Å². The van der Waals surface area contributed by atoms with Gasteiger partial charge in [0.15, 0.2) is 0 Å². The van der Waals surface area contributed by atoms with Crippen LogP contribution >= 0.6 is 34.2 Å². The number of aromatic nitrogens is 1. The highest BCUT2D eigenvalue weighted by molar-refractivity contribution is 14.1. The third-order valence-corrected chi connectivity index (χ3v) is 3.24. The molecule has 5 heteroatoms. The molecule has 0 amide bonds. The molecule has 1 aromatic carbocycles. The number of aromatic amines is 1. The molecule has 0 saturated carbocycles. The minimum Gasteiger partial charge on any atom is -0.495 e. The van der Waals surface area contributed by atoms with Gasteiger partial charge in [-0.2, -0.15) is 0 Å². The van der Waals surface area contributed by atoms with Crippen molar-refractivity contribution < 1.29 is 4.74 Å². The molecular weight excluding hydrogens is 328 g/mol. The lowest BCUT2D eigenvalue weighted by Gasteiger charge is -2.06. The van der Waals surface area contributed by atoms with Crippen LogP contribution in [0.4, 0.5) is 0 Å². The standard InChI is InChI=1S/C10H7ClINO2/c1-15-7-3-2-5(11)8-9(7)13-4-6(12)10(8)14/h2-4H,1H3,(H,13,14). The number of pyridine rings is 1. The third kappa shape index (κ3) is 1.72. The van der Waals surface area contributed by atoms with Crippen LogP contribution in [0.15, 0.2) is 23.1 Å². The van der Waals surface area contributed by atoms with Gasteiger partial charge in [-0.1, -0.05) is 11.6 Å². The largest absolute Gasteiger partial charge is 0.495 e. The van der Waals surface area contributed by atoms with Crippen molar-refractivity contribution in [2.45, 2.75) is 0 Å². The summed E-state index contributed by atoms with van der Waals surface area (Å²) in [6.07, 6.45) is 1.64. The molecule has 0 bridgehead atoms. The summed E-state index contributed by atoms with van der Waals surface area (Å²) in [5.41, 5.74) is 0.559. The van der Waals surface area contributed by atoms with E-state index in [9.17, 15) is 4.79 Å². The second kappa shape index (κ2) is 4.02. The quantitative estimate of drug-likeness (QED) is 0.814. The molecule has 0 radical (unpaired) electrons. The molecule has 78 valence electrons. The van der Waals surface area contributed by atoms with Crippen molar-refractivity contribution in [2.75, 3.05) is 7.11 Å². The van der Waals surface area contributed by atoms with Crippen molar-refractivity contribution in [1.82, 2.24) is 4.98 Å². The maximum absolute atomic E-state index is 11.8. The number of rotatable bonds is 1. The van der Waals surface area contributed by atoms with E-state index in [0.717, 1.165) is 0 Å². The Bertz CT molecular complexity index is 579. The van der Waals surface area contributed by atoms with Gasteiger partial charge in [0.1, 0.15) is 5.75 Å². The van der Waals surface area contributed by atoms with E-state index >= 15 is 0 Å². The van der Waals surface area contributed by atoms with Gasteiger partial charge in [0.25, 0.3) is 0 Å². The molecule has 0 unspecified atom stereocenters. The van der Waals surface area contributed by atoms with Gasteiger partial charge in [-0.25, -0.2) is 0 Å². The normalized spacial score (nSPS) is 10.6. The van der Waals surface area contributed by atoms with Crippen LogP contribution in [0.2, 0.25) is 5.02 Å². The van der Waals surface area contributed by atoms with Gasteiger partial charge in [0, 0.05) is 6.20 Å². The van der Waals surface area contributed by atoms with Crippen LogP contribution in [0.3, 0.4) is 0 Å². The van der Waals surface area contributed by atoms with E-state index in [1.54, 1.807) is 25.4 Å². The number of halogens is 2. The van der Waals surface area contributed by atoms with Gasteiger partial charge in [-0.05, 0) is 34.7 Å². The molecule has 0 saturated heterocycles. The fraction of sp³-hybridized carbons (Fsp3) is 0.100. The Labute approximate surface area is 105 Å². The molecule has 1 N–H and O–H groups in total. The van der Waals surface area contributed by atoms with Crippen LogP contribution in [0.5, 0.6) is 5.75 Å². The van der Waals surface area contributed by atoms with Crippen molar-refractivity contribution in [1.29, 1.82) is 0 Å². The summed E-state index contributed by atoms with van der Waals surface area (Å²) in [6.45, 7) is 0. The Kier molecular flexibility index (Phi) is 2.88. The van der Waals surface area contributed by atoms with Crippen molar-refractivity contribution >= 4 is 45.1 Å². The highest BCUT2D eigenvalue weighted by Crippen LogP contribution is 2.27.